The van der Waals surface area contributed by atoms with E-state index in [2.05, 4.69) is 0 Å². The zero-order chi connectivity index (χ0) is 14.8. The summed E-state index contributed by atoms with van der Waals surface area (Å²) < 4.78 is 5.40. The Morgan fingerprint density at radius 3 is 2.60 bits per heavy atom. The van der Waals surface area contributed by atoms with Crippen LogP contribution in [0.5, 0.6) is 0 Å². The molecule has 1 saturated heterocycles. The number of nitrogens with two attached hydrogens (primary N) is 1. The lowest BCUT2D eigenvalue weighted by atomic mass is 9.93. The number of benzene rings is 1. The summed E-state index contributed by atoms with van der Waals surface area (Å²) in [4.78, 5) is 13.8. The predicted molar refractivity (Wildman–Crippen MR) is 79.3 cm³/mol. The molecule has 2 unspecified atom stereocenters. The molecule has 0 aromatic heterocycles. The predicted octanol–water partition coefficient (Wildman–Crippen LogP) is 2.94. The standard InChI is InChI=1S/C16H24N2O2/c1-16(2,3)20-15(19)18-10-9-13(11-18)14(17)12-7-5-4-6-8-12/h4-8,13-14H,9-11,17H2,1-3H3. The fraction of sp³-hybridized carbons (Fsp3) is 0.562. The van der Waals surface area contributed by atoms with E-state index in [4.69, 9.17) is 10.5 Å². The number of hydrogen-bond donors (Lipinski definition) is 1. The maximum Gasteiger partial charge on any atom is 0.410 e. The van der Waals surface area contributed by atoms with Gasteiger partial charge in [0.05, 0.1) is 0 Å². The summed E-state index contributed by atoms with van der Waals surface area (Å²) in [5, 5.41) is 0. The van der Waals surface area contributed by atoms with Gasteiger partial charge in [-0.25, -0.2) is 4.79 Å². The number of rotatable bonds is 2. The molecule has 1 fully saturated rings. The number of carbonyl (C=O) groups is 1. The Morgan fingerprint density at radius 2 is 2.00 bits per heavy atom. The molecule has 0 bridgehead atoms. The summed E-state index contributed by atoms with van der Waals surface area (Å²) in [6, 6.07) is 10.0. The van der Waals surface area contributed by atoms with Crippen molar-refractivity contribution >= 4 is 6.09 Å². The monoisotopic (exact) mass is 276 g/mol. The highest BCUT2D eigenvalue weighted by Crippen LogP contribution is 2.28. The molecule has 20 heavy (non-hydrogen) atoms. The van der Waals surface area contributed by atoms with Crippen molar-refractivity contribution in [2.45, 2.75) is 38.8 Å². The summed E-state index contributed by atoms with van der Waals surface area (Å²) >= 11 is 0. The number of amides is 1. The van der Waals surface area contributed by atoms with Gasteiger partial charge in [-0.05, 0) is 38.7 Å². The largest absolute Gasteiger partial charge is 0.444 e. The van der Waals surface area contributed by atoms with Gasteiger partial charge in [-0.3, -0.25) is 0 Å². The van der Waals surface area contributed by atoms with Gasteiger partial charge in [-0.2, -0.15) is 0 Å². The Bertz CT molecular complexity index is 453. The molecular formula is C16H24N2O2. The van der Waals surface area contributed by atoms with E-state index in [0.717, 1.165) is 18.5 Å². The van der Waals surface area contributed by atoms with Crippen molar-refractivity contribution in [1.82, 2.24) is 4.90 Å². The molecule has 2 rings (SSSR count). The van der Waals surface area contributed by atoms with E-state index in [1.807, 2.05) is 51.1 Å². The summed E-state index contributed by atoms with van der Waals surface area (Å²) in [6.07, 6.45) is 0.690. The highest BCUT2D eigenvalue weighted by atomic mass is 16.6. The van der Waals surface area contributed by atoms with Crippen LogP contribution in [0, 0.1) is 5.92 Å². The second kappa shape index (κ2) is 5.83. The first-order valence-corrected chi connectivity index (χ1v) is 7.15. The zero-order valence-electron chi connectivity index (χ0n) is 12.5. The van der Waals surface area contributed by atoms with Crippen molar-refractivity contribution < 1.29 is 9.53 Å². The Hall–Kier alpha value is -1.55. The van der Waals surface area contributed by atoms with E-state index in [0.29, 0.717) is 12.5 Å². The van der Waals surface area contributed by atoms with Gasteiger partial charge in [0, 0.05) is 19.1 Å². The van der Waals surface area contributed by atoms with Crippen LogP contribution in [0.1, 0.15) is 38.8 Å². The fourth-order valence-corrected chi connectivity index (χ4v) is 2.52. The molecule has 110 valence electrons. The normalized spacial score (nSPS) is 20.8. The molecular weight excluding hydrogens is 252 g/mol. The van der Waals surface area contributed by atoms with Crippen molar-refractivity contribution in [3.63, 3.8) is 0 Å². The highest BCUT2D eigenvalue weighted by molar-refractivity contribution is 5.68. The van der Waals surface area contributed by atoms with E-state index < -0.39 is 5.60 Å². The highest BCUT2D eigenvalue weighted by Gasteiger charge is 2.33. The van der Waals surface area contributed by atoms with E-state index in [9.17, 15) is 4.79 Å². The lowest BCUT2D eigenvalue weighted by molar-refractivity contribution is 0.0286. The molecule has 1 aliphatic rings. The van der Waals surface area contributed by atoms with Gasteiger partial charge in [-0.15, -0.1) is 0 Å². The second-order valence-corrected chi connectivity index (χ2v) is 6.41. The van der Waals surface area contributed by atoms with Crippen molar-refractivity contribution in [1.29, 1.82) is 0 Å². The molecule has 1 aliphatic heterocycles. The molecule has 4 heteroatoms. The second-order valence-electron chi connectivity index (χ2n) is 6.41. The summed E-state index contributed by atoms with van der Waals surface area (Å²) in [6.45, 7) is 7.04. The minimum atomic E-state index is -0.448. The van der Waals surface area contributed by atoms with Crippen LogP contribution in [0.25, 0.3) is 0 Å². The molecule has 1 heterocycles. The first-order chi connectivity index (χ1) is 9.37. The number of carbonyl (C=O) groups excluding carboxylic acids is 1. The smallest absolute Gasteiger partial charge is 0.410 e. The van der Waals surface area contributed by atoms with Gasteiger partial charge >= 0.3 is 6.09 Å². The summed E-state index contributed by atoms with van der Waals surface area (Å²) in [5.74, 6) is 0.296. The van der Waals surface area contributed by atoms with Crippen LogP contribution in [0.4, 0.5) is 4.79 Å². The van der Waals surface area contributed by atoms with Crippen molar-refractivity contribution in [3.05, 3.63) is 35.9 Å². The van der Waals surface area contributed by atoms with Crippen LogP contribution >= 0.6 is 0 Å². The molecule has 1 amide bonds. The van der Waals surface area contributed by atoms with Gasteiger partial charge in [0.25, 0.3) is 0 Å². The molecule has 2 atom stereocenters. The van der Waals surface area contributed by atoms with Gasteiger partial charge in [-0.1, -0.05) is 30.3 Å². The number of ether oxygens (including phenoxy) is 1. The zero-order valence-corrected chi connectivity index (χ0v) is 12.5. The number of hydrogen-bond acceptors (Lipinski definition) is 3. The first kappa shape index (κ1) is 14.9. The topological polar surface area (TPSA) is 55.6 Å². The Balaban J connectivity index is 1.94. The van der Waals surface area contributed by atoms with Crippen molar-refractivity contribution in [2.75, 3.05) is 13.1 Å². The molecule has 0 spiro atoms. The Kier molecular flexibility index (Phi) is 4.33. The molecule has 2 N–H and O–H groups in total. The quantitative estimate of drug-likeness (QED) is 0.903. The van der Waals surface area contributed by atoms with Crippen LogP contribution in [0.2, 0.25) is 0 Å². The molecule has 0 saturated carbocycles. The molecule has 1 aromatic rings. The van der Waals surface area contributed by atoms with Gasteiger partial charge in [0.2, 0.25) is 0 Å². The number of nitrogens with zero attached hydrogens (tertiary/aromatic N) is 1. The van der Waals surface area contributed by atoms with Crippen LogP contribution in [0.3, 0.4) is 0 Å². The fourth-order valence-electron chi connectivity index (χ4n) is 2.52. The Labute approximate surface area is 120 Å². The maximum absolute atomic E-state index is 12.0. The summed E-state index contributed by atoms with van der Waals surface area (Å²) in [7, 11) is 0. The van der Waals surface area contributed by atoms with E-state index >= 15 is 0 Å². The van der Waals surface area contributed by atoms with Crippen LogP contribution < -0.4 is 5.73 Å². The van der Waals surface area contributed by atoms with Gasteiger partial charge in [0.1, 0.15) is 5.60 Å². The van der Waals surface area contributed by atoms with Crippen molar-refractivity contribution in [3.8, 4) is 0 Å². The molecule has 0 radical (unpaired) electrons. The minimum Gasteiger partial charge on any atom is -0.444 e. The summed E-state index contributed by atoms with van der Waals surface area (Å²) in [5.41, 5.74) is 6.99. The first-order valence-electron chi connectivity index (χ1n) is 7.15. The molecule has 0 aliphatic carbocycles. The molecule has 4 nitrogen and oxygen atoms in total. The average molecular weight is 276 g/mol. The van der Waals surface area contributed by atoms with E-state index in [1.54, 1.807) is 4.90 Å². The van der Waals surface area contributed by atoms with Crippen molar-refractivity contribution in [2.24, 2.45) is 11.7 Å². The lowest BCUT2D eigenvalue weighted by Crippen LogP contribution is -2.36. The van der Waals surface area contributed by atoms with Gasteiger partial charge in [0.15, 0.2) is 0 Å². The van der Waals surface area contributed by atoms with Gasteiger partial charge < -0.3 is 15.4 Å². The third-order valence-corrected chi connectivity index (χ3v) is 3.57. The minimum absolute atomic E-state index is 0.0244. The molecule has 1 aromatic carbocycles. The lowest BCUT2D eigenvalue weighted by Gasteiger charge is -2.25. The van der Waals surface area contributed by atoms with Crippen LogP contribution in [-0.2, 0) is 4.74 Å². The SMILES string of the molecule is CC(C)(C)OC(=O)N1CCC(C(N)c2ccccc2)C1. The van der Waals surface area contributed by atoms with E-state index in [1.165, 1.54) is 0 Å². The van der Waals surface area contributed by atoms with E-state index in [-0.39, 0.29) is 12.1 Å². The van der Waals surface area contributed by atoms with Crippen LogP contribution in [-0.4, -0.2) is 29.7 Å². The third-order valence-electron chi connectivity index (χ3n) is 3.57. The number of likely N-dealkylation sites (tertiary alicyclic amines) is 1. The van der Waals surface area contributed by atoms with Crippen LogP contribution in [0.15, 0.2) is 30.3 Å². The maximum atomic E-state index is 12.0. The third kappa shape index (κ3) is 3.73. The average Bonchev–Trinajstić information content (AvgIpc) is 2.86. The Morgan fingerprint density at radius 1 is 1.35 bits per heavy atom.